The smallest absolute Gasteiger partial charge is 0.417 e. The van der Waals surface area contributed by atoms with Crippen LogP contribution in [-0.2, 0) is 14.4 Å². The second-order valence-corrected chi connectivity index (χ2v) is 4.48. The number of hydrogen-bond donors (Lipinski definition) is 0. The van der Waals surface area contributed by atoms with Gasteiger partial charge in [-0.25, -0.2) is 9.69 Å². The van der Waals surface area contributed by atoms with Crippen LogP contribution < -0.4 is 0 Å². The number of nitrogens with zero attached hydrogens (tertiary/aromatic N) is 2. The van der Waals surface area contributed by atoms with Crippen molar-refractivity contribution < 1.29 is 19.2 Å². The summed E-state index contributed by atoms with van der Waals surface area (Å²) in [6.45, 7) is 5.38. The summed E-state index contributed by atoms with van der Waals surface area (Å²) >= 11 is 0. The minimum absolute atomic E-state index is 0.104. The molecule has 1 aliphatic rings. The van der Waals surface area contributed by atoms with E-state index >= 15 is 0 Å². The Morgan fingerprint density at radius 2 is 2.06 bits per heavy atom. The number of imide groups is 1. The van der Waals surface area contributed by atoms with Crippen LogP contribution in [0.5, 0.6) is 0 Å². The number of carbonyl (C=O) groups is 2. The van der Waals surface area contributed by atoms with Gasteiger partial charge in [0.1, 0.15) is 12.7 Å². The van der Waals surface area contributed by atoms with Crippen molar-refractivity contribution in [2.45, 2.75) is 32.8 Å². The topological polar surface area (TPSA) is 68.2 Å². The van der Waals surface area contributed by atoms with Crippen LogP contribution in [0.2, 0.25) is 0 Å². The van der Waals surface area contributed by atoms with Gasteiger partial charge in [0.15, 0.2) is 0 Å². The second kappa shape index (κ2) is 4.51. The second-order valence-electron chi connectivity index (χ2n) is 4.48. The maximum Gasteiger partial charge on any atom is 0.417 e. The fourth-order valence-electron chi connectivity index (χ4n) is 1.27. The summed E-state index contributed by atoms with van der Waals surface area (Å²) in [5, 5.41) is 3.65. The van der Waals surface area contributed by atoms with E-state index in [2.05, 4.69) is 9.99 Å². The molecule has 16 heavy (non-hydrogen) atoms. The van der Waals surface area contributed by atoms with Gasteiger partial charge in [0.05, 0.1) is 18.7 Å². The van der Waals surface area contributed by atoms with Gasteiger partial charge in [-0.1, -0.05) is 5.16 Å². The lowest BCUT2D eigenvalue weighted by molar-refractivity contribution is -0.126. The van der Waals surface area contributed by atoms with Crippen LogP contribution in [0.25, 0.3) is 0 Å². The van der Waals surface area contributed by atoms with Crippen LogP contribution in [0.4, 0.5) is 4.79 Å². The molecule has 0 aromatic heterocycles. The third-order valence-corrected chi connectivity index (χ3v) is 1.83. The number of oxime groups is 1. The van der Waals surface area contributed by atoms with E-state index in [-0.39, 0.29) is 18.9 Å². The highest BCUT2D eigenvalue weighted by atomic mass is 16.6. The average molecular weight is 228 g/mol. The molecular formula is C10H16N2O4. The highest BCUT2D eigenvalue weighted by Crippen LogP contribution is 2.15. The lowest BCUT2D eigenvalue weighted by Crippen LogP contribution is -2.37. The molecule has 90 valence electrons. The summed E-state index contributed by atoms with van der Waals surface area (Å²) in [4.78, 5) is 28.7. The van der Waals surface area contributed by atoms with Crippen LogP contribution in [0, 0.1) is 0 Å². The van der Waals surface area contributed by atoms with Crippen molar-refractivity contribution in [3.8, 4) is 0 Å². The Kier molecular flexibility index (Phi) is 3.51. The predicted octanol–water partition coefficient (Wildman–Crippen LogP) is 1.16. The van der Waals surface area contributed by atoms with Crippen molar-refractivity contribution >= 4 is 17.7 Å². The fraction of sp³-hybridized carbons (Fsp3) is 0.700. The van der Waals surface area contributed by atoms with E-state index < -0.39 is 11.7 Å². The molecule has 1 aliphatic heterocycles. The normalized spacial score (nSPS) is 19.1. The van der Waals surface area contributed by atoms with E-state index in [1.54, 1.807) is 20.8 Å². The summed E-state index contributed by atoms with van der Waals surface area (Å²) in [5.74, 6) is -0.315. The molecule has 2 amide bonds. The number of likely N-dealkylation sites (tertiary alicyclic amines) is 1. The van der Waals surface area contributed by atoms with Gasteiger partial charge in [-0.3, -0.25) is 4.79 Å². The summed E-state index contributed by atoms with van der Waals surface area (Å²) in [6, 6.07) is 0. The molecule has 0 spiro atoms. The third-order valence-electron chi connectivity index (χ3n) is 1.83. The molecule has 0 aliphatic carbocycles. The third kappa shape index (κ3) is 3.22. The van der Waals surface area contributed by atoms with E-state index in [0.29, 0.717) is 5.71 Å². The van der Waals surface area contributed by atoms with Gasteiger partial charge in [-0.2, -0.15) is 0 Å². The molecule has 6 heteroatoms. The fourth-order valence-corrected chi connectivity index (χ4v) is 1.27. The minimum atomic E-state index is -0.640. The van der Waals surface area contributed by atoms with E-state index in [4.69, 9.17) is 4.74 Å². The quantitative estimate of drug-likeness (QED) is 0.631. The van der Waals surface area contributed by atoms with Crippen LogP contribution >= 0.6 is 0 Å². The first-order valence-corrected chi connectivity index (χ1v) is 4.96. The van der Waals surface area contributed by atoms with Gasteiger partial charge in [-0.05, 0) is 20.8 Å². The maximum absolute atomic E-state index is 11.6. The molecule has 1 rings (SSSR count). The van der Waals surface area contributed by atoms with Crippen LogP contribution in [0.15, 0.2) is 5.16 Å². The Labute approximate surface area is 94.2 Å². The van der Waals surface area contributed by atoms with Crippen molar-refractivity contribution in [3.05, 3.63) is 0 Å². The average Bonchev–Trinajstić information content (AvgIpc) is 2.44. The number of carbonyl (C=O) groups excluding carboxylic acids is 2. The zero-order chi connectivity index (χ0) is 12.3. The molecular weight excluding hydrogens is 212 g/mol. The molecule has 0 saturated carbocycles. The predicted molar refractivity (Wildman–Crippen MR) is 57.0 cm³/mol. The Bertz CT molecular complexity index is 330. The molecule has 1 fully saturated rings. The molecule has 0 radical (unpaired) electrons. The molecule has 0 atom stereocenters. The molecule has 0 aromatic carbocycles. The van der Waals surface area contributed by atoms with Crippen LogP contribution in [0.3, 0.4) is 0 Å². The molecule has 0 N–H and O–H groups in total. The zero-order valence-corrected chi connectivity index (χ0v) is 9.94. The van der Waals surface area contributed by atoms with Crippen LogP contribution in [0.1, 0.15) is 27.2 Å². The summed E-state index contributed by atoms with van der Waals surface area (Å²) in [7, 11) is 1.40. The Morgan fingerprint density at radius 1 is 1.44 bits per heavy atom. The molecule has 0 aromatic rings. The highest BCUT2D eigenvalue weighted by molar-refractivity contribution is 6.13. The van der Waals surface area contributed by atoms with E-state index in [0.717, 1.165) is 4.90 Å². The van der Waals surface area contributed by atoms with Crippen molar-refractivity contribution in [1.82, 2.24) is 4.90 Å². The first-order valence-electron chi connectivity index (χ1n) is 4.96. The van der Waals surface area contributed by atoms with Gasteiger partial charge < -0.3 is 9.57 Å². The van der Waals surface area contributed by atoms with Gasteiger partial charge in [0, 0.05) is 0 Å². The summed E-state index contributed by atoms with van der Waals surface area (Å²) < 4.78 is 5.09. The number of amides is 2. The van der Waals surface area contributed by atoms with Crippen molar-refractivity contribution in [2.75, 3.05) is 13.7 Å². The van der Waals surface area contributed by atoms with Gasteiger partial charge in [-0.15, -0.1) is 0 Å². The van der Waals surface area contributed by atoms with Crippen molar-refractivity contribution in [1.29, 1.82) is 0 Å². The first-order chi connectivity index (χ1) is 7.33. The molecule has 0 bridgehead atoms. The molecule has 6 nitrogen and oxygen atoms in total. The van der Waals surface area contributed by atoms with Crippen LogP contribution in [-0.4, -0.2) is 41.9 Å². The van der Waals surface area contributed by atoms with Crippen molar-refractivity contribution in [2.24, 2.45) is 5.16 Å². The van der Waals surface area contributed by atoms with E-state index in [1.165, 1.54) is 7.11 Å². The summed E-state index contributed by atoms with van der Waals surface area (Å²) in [5.41, 5.74) is -0.0863. The van der Waals surface area contributed by atoms with E-state index in [9.17, 15) is 9.59 Å². The SMILES string of the molecule is CON=C1CC(=O)N(C(=O)OC(C)(C)C)C1. The Balaban J connectivity index is 2.65. The van der Waals surface area contributed by atoms with Gasteiger partial charge in [0.2, 0.25) is 5.91 Å². The standard InChI is InChI=1S/C10H16N2O4/c1-10(2,3)16-9(14)12-6-7(11-15-4)5-8(12)13/h5-6H2,1-4H3. The highest BCUT2D eigenvalue weighted by Gasteiger charge is 2.34. The number of hydrogen-bond acceptors (Lipinski definition) is 5. The lowest BCUT2D eigenvalue weighted by Gasteiger charge is -2.22. The largest absolute Gasteiger partial charge is 0.443 e. The summed E-state index contributed by atoms with van der Waals surface area (Å²) in [6.07, 6.45) is -0.536. The zero-order valence-electron chi connectivity index (χ0n) is 9.94. The molecule has 1 heterocycles. The Morgan fingerprint density at radius 3 is 2.56 bits per heavy atom. The maximum atomic E-state index is 11.6. The van der Waals surface area contributed by atoms with Gasteiger partial charge >= 0.3 is 6.09 Å². The molecule has 0 unspecified atom stereocenters. The molecule has 1 saturated heterocycles. The van der Waals surface area contributed by atoms with E-state index in [1.807, 2.05) is 0 Å². The Hall–Kier alpha value is -1.59. The number of ether oxygens (including phenoxy) is 1. The monoisotopic (exact) mass is 228 g/mol. The number of rotatable bonds is 1. The minimum Gasteiger partial charge on any atom is -0.443 e. The van der Waals surface area contributed by atoms with Crippen molar-refractivity contribution in [3.63, 3.8) is 0 Å². The lowest BCUT2D eigenvalue weighted by atomic mass is 10.2. The first kappa shape index (κ1) is 12.5. The van der Waals surface area contributed by atoms with Gasteiger partial charge in [0.25, 0.3) is 0 Å².